The standard InChI is InChI=1S/C52H41N3.C24H21N/c1-6-37-16-11-21-42(30-37)53(43-22-12-17-38(7-2)31-43)47-26-28-51-49(35-47)50-36-48(27-29-52(50)55(51)46-25-15-20-41(10-5)34-46)54(44-23-13-18-39(8-3)32-44)45-24-14-19-40(9-4)33-45;1-4-19-7-13-22(14-8-19)25(23-15-9-20(5-2)10-16-23)24-17-11-21(6-3)12-18-24/h6-36H,1-5H2;4-18H,1-3H2. The van der Waals surface area contributed by atoms with Crippen LogP contribution in [0.15, 0.2) is 283 Å². The zero-order valence-electron chi connectivity index (χ0n) is 45.0. The number of rotatable bonds is 18. The minimum atomic E-state index is 1.04. The molecule has 0 spiro atoms. The second kappa shape index (κ2) is 24.1. The van der Waals surface area contributed by atoms with E-state index in [1.807, 2.05) is 48.6 Å². The quantitative estimate of drug-likeness (QED) is 0.0851. The van der Waals surface area contributed by atoms with Crippen molar-refractivity contribution in [1.82, 2.24) is 4.57 Å². The van der Waals surface area contributed by atoms with Gasteiger partial charge in [0.1, 0.15) is 0 Å². The summed E-state index contributed by atoms with van der Waals surface area (Å²) in [6.07, 6.45) is 15.0. The maximum absolute atomic E-state index is 4.06. The first kappa shape index (κ1) is 52.7. The molecule has 10 aromatic carbocycles. The first-order valence-corrected chi connectivity index (χ1v) is 26.6. The monoisotopic (exact) mass is 1030 g/mol. The van der Waals surface area contributed by atoms with Crippen LogP contribution in [0.5, 0.6) is 0 Å². The number of nitrogens with zero attached hydrogens (tertiary/aromatic N) is 4. The molecular formula is C76H62N4. The van der Waals surface area contributed by atoms with Gasteiger partial charge in [-0.1, -0.05) is 198 Å². The van der Waals surface area contributed by atoms with E-state index < -0.39 is 0 Å². The van der Waals surface area contributed by atoms with E-state index >= 15 is 0 Å². The van der Waals surface area contributed by atoms with E-state index in [4.69, 9.17) is 0 Å². The van der Waals surface area contributed by atoms with Gasteiger partial charge in [0.2, 0.25) is 0 Å². The Morgan fingerprint density at radius 3 is 0.775 bits per heavy atom. The minimum Gasteiger partial charge on any atom is -0.311 e. The molecule has 0 fully saturated rings. The molecule has 0 atom stereocenters. The average Bonchev–Trinajstić information content (AvgIpc) is 4.06. The molecule has 1 heterocycles. The van der Waals surface area contributed by atoms with E-state index in [9.17, 15) is 0 Å². The Balaban J connectivity index is 0.000000240. The lowest BCUT2D eigenvalue weighted by atomic mass is 10.1. The number of fused-ring (bicyclic) bond motifs is 3. The molecule has 0 bridgehead atoms. The van der Waals surface area contributed by atoms with Crippen molar-refractivity contribution in [3.8, 4) is 5.69 Å². The summed E-state index contributed by atoms with van der Waals surface area (Å²) in [6, 6.07) is 81.1. The van der Waals surface area contributed by atoms with Gasteiger partial charge in [-0.05, 0) is 178 Å². The predicted octanol–water partition coefficient (Wildman–Crippen LogP) is 22.0. The van der Waals surface area contributed by atoms with Crippen LogP contribution in [0.2, 0.25) is 0 Å². The van der Waals surface area contributed by atoms with Crippen LogP contribution in [0.1, 0.15) is 44.5 Å². The lowest BCUT2D eigenvalue weighted by molar-refractivity contribution is 1.18. The average molecular weight is 1030 g/mol. The molecule has 0 unspecified atom stereocenters. The molecule has 0 aliphatic carbocycles. The van der Waals surface area contributed by atoms with Crippen LogP contribution in [0.4, 0.5) is 51.2 Å². The SMILES string of the molecule is C=Cc1ccc(N(c2ccc(C=C)cc2)c2ccc(C=C)cc2)cc1.C=Cc1cccc(N(c2cccc(C=C)c2)c2ccc3c(c2)c2cc(N(c4cccc(C=C)c4)c4cccc(C=C)c4)ccc2n3-c2cccc(C=C)c2)c1. The third-order valence-electron chi connectivity index (χ3n) is 14.2. The highest BCUT2D eigenvalue weighted by Gasteiger charge is 2.21. The van der Waals surface area contributed by atoms with Crippen LogP contribution in [0.3, 0.4) is 0 Å². The number of aromatic nitrogens is 1. The van der Waals surface area contributed by atoms with Gasteiger partial charge in [0.25, 0.3) is 0 Å². The van der Waals surface area contributed by atoms with Crippen LogP contribution in [0, 0.1) is 0 Å². The predicted molar refractivity (Wildman–Crippen MR) is 352 cm³/mol. The summed E-state index contributed by atoms with van der Waals surface area (Å²) < 4.78 is 2.35. The van der Waals surface area contributed by atoms with Gasteiger partial charge in [0.05, 0.1) is 11.0 Å². The van der Waals surface area contributed by atoms with Crippen molar-refractivity contribution in [2.75, 3.05) is 14.7 Å². The highest BCUT2D eigenvalue weighted by Crippen LogP contribution is 2.44. The van der Waals surface area contributed by atoms with E-state index in [0.29, 0.717) is 0 Å². The minimum absolute atomic E-state index is 1.04. The highest BCUT2D eigenvalue weighted by molar-refractivity contribution is 6.12. The van der Waals surface area contributed by atoms with Crippen LogP contribution in [-0.2, 0) is 0 Å². The number of benzene rings is 10. The lowest BCUT2D eigenvalue weighted by Gasteiger charge is -2.27. The topological polar surface area (TPSA) is 14.7 Å². The van der Waals surface area contributed by atoms with E-state index in [0.717, 1.165) is 123 Å². The summed E-state index contributed by atoms with van der Waals surface area (Å²) in [4.78, 5) is 6.84. The van der Waals surface area contributed by atoms with Gasteiger partial charge < -0.3 is 19.3 Å². The molecule has 0 amide bonds. The summed E-state index contributed by atoms with van der Waals surface area (Å²) >= 11 is 0. The number of hydrogen-bond acceptors (Lipinski definition) is 3. The second-order valence-corrected chi connectivity index (χ2v) is 19.1. The number of hydrogen-bond donors (Lipinski definition) is 0. The van der Waals surface area contributed by atoms with Gasteiger partial charge in [0, 0.05) is 67.6 Å². The fourth-order valence-corrected chi connectivity index (χ4v) is 10.1. The van der Waals surface area contributed by atoms with Crippen molar-refractivity contribution < 1.29 is 0 Å². The maximum atomic E-state index is 4.06. The molecule has 0 N–H and O–H groups in total. The molecular weight excluding hydrogens is 969 g/mol. The van der Waals surface area contributed by atoms with Gasteiger partial charge in [0.15, 0.2) is 0 Å². The Morgan fingerprint density at radius 1 is 0.225 bits per heavy atom. The summed E-state index contributed by atoms with van der Waals surface area (Å²) in [5.41, 5.74) is 21.4. The second-order valence-electron chi connectivity index (χ2n) is 19.1. The van der Waals surface area contributed by atoms with E-state index in [1.165, 1.54) is 0 Å². The van der Waals surface area contributed by atoms with Gasteiger partial charge in [-0.3, -0.25) is 0 Å². The van der Waals surface area contributed by atoms with E-state index in [2.05, 4.69) is 302 Å². The Bertz CT molecular complexity index is 3720. The lowest BCUT2D eigenvalue weighted by Crippen LogP contribution is -2.10. The van der Waals surface area contributed by atoms with Crippen LogP contribution in [0.25, 0.3) is 76.1 Å². The van der Waals surface area contributed by atoms with Gasteiger partial charge in [-0.15, -0.1) is 0 Å². The molecule has 0 radical (unpaired) electrons. The smallest absolute Gasteiger partial charge is 0.0542 e. The zero-order chi connectivity index (χ0) is 55.5. The molecule has 0 aliphatic rings. The fraction of sp³-hybridized carbons (Fsp3) is 0. The van der Waals surface area contributed by atoms with Crippen LogP contribution < -0.4 is 14.7 Å². The van der Waals surface area contributed by atoms with Crippen molar-refractivity contribution in [3.63, 3.8) is 0 Å². The first-order valence-electron chi connectivity index (χ1n) is 26.6. The summed E-state index contributed by atoms with van der Waals surface area (Å²) in [5, 5.41) is 2.26. The van der Waals surface area contributed by atoms with E-state index in [1.54, 1.807) is 0 Å². The molecule has 386 valence electrons. The highest BCUT2D eigenvalue weighted by atomic mass is 15.2. The summed E-state index contributed by atoms with van der Waals surface area (Å²) in [6.45, 7) is 31.8. The van der Waals surface area contributed by atoms with Gasteiger partial charge in [-0.25, -0.2) is 0 Å². The van der Waals surface area contributed by atoms with Crippen molar-refractivity contribution >= 4 is 122 Å². The maximum Gasteiger partial charge on any atom is 0.0542 e. The van der Waals surface area contributed by atoms with Crippen molar-refractivity contribution in [3.05, 3.63) is 328 Å². The Morgan fingerprint density at radius 2 is 0.475 bits per heavy atom. The normalized spacial score (nSPS) is 10.7. The van der Waals surface area contributed by atoms with Crippen molar-refractivity contribution in [2.24, 2.45) is 0 Å². The largest absolute Gasteiger partial charge is 0.311 e. The molecule has 0 saturated heterocycles. The number of anilines is 9. The third kappa shape index (κ3) is 11.1. The molecule has 0 aliphatic heterocycles. The zero-order valence-corrected chi connectivity index (χ0v) is 45.0. The molecule has 1 aromatic heterocycles. The molecule has 11 rings (SSSR count). The summed E-state index contributed by atoms with van der Waals surface area (Å²) in [5.74, 6) is 0. The fourth-order valence-electron chi connectivity index (χ4n) is 10.1. The molecule has 11 aromatic rings. The van der Waals surface area contributed by atoms with Gasteiger partial charge in [-0.2, -0.15) is 0 Å². The molecule has 4 heteroatoms. The third-order valence-corrected chi connectivity index (χ3v) is 14.2. The van der Waals surface area contributed by atoms with Gasteiger partial charge >= 0.3 is 0 Å². The van der Waals surface area contributed by atoms with Crippen LogP contribution in [-0.4, -0.2) is 4.57 Å². The van der Waals surface area contributed by atoms with Crippen molar-refractivity contribution in [1.29, 1.82) is 0 Å². The Kier molecular flexibility index (Phi) is 15.9. The Labute approximate surface area is 471 Å². The Hall–Kier alpha value is -10.7. The molecule has 4 nitrogen and oxygen atoms in total. The van der Waals surface area contributed by atoms with E-state index in [-0.39, 0.29) is 0 Å². The summed E-state index contributed by atoms with van der Waals surface area (Å²) in [7, 11) is 0. The molecule has 80 heavy (non-hydrogen) atoms. The van der Waals surface area contributed by atoms with Crippen LogP contribution >= 0.6 is 0 Å². The van der Waals surface area contributed by atoms with Crippen molar-refractivity contribution in [2.45, 2.75) is 0 Å². The first-order chi connectivity index (χ1) is 39.3. The molecule has 0 saturated carbocycles.